The number of hydrogen-bond donors (Lipinski definition) is 2. The Morgan fingerprint density at radius 2 is 1.91 bits per heavy atom. The molecule has 35 heavy (non-hydrogen) atoms. The lowest BCUT2D eigenvalue weighted by Crippen LogP contribution is -2.43. The average molecular weight is 488 g/mol. The van der Waals surface area contributed by atoms with E-state index in [0.717, 1.165) is 6.07 Å². The summed E-state index contributed by atoms with van der Waals surface area (Å²) < 4.78 is 15.4. The summed E-state index contributed by atoms with van der Waals surface area (Å²) in [4.78, 5) is 50.3. The fraction of sp³-hybridized carbons (Fsp3) is 0.458. The summed E-state index contributed by atoms with van der Waals surface area (Å²) in [7, 11) is 2.41. The first-order chi connectivity index (χ1) is 16.4. The van der Waals surface area contributed by atoms with Crippen LogP contribution in [0.5, 0.6) is 11.5 Å². The van der Waals surface area contributed by atoms with Crippen molar-refractivity contribution in [2.75, 3.05) is 14.2 Å². The predicted octanol–water partition coefficient (Wildman–Crippen LogP) is 2.87. The van der Waals surface area contributed by atoms with E-state index in [-0.39, 0.29) is 28.4 Å². The van der Waals surface area contributed by atoms with Crippen LogP contribution in [-0.4, -0.2) is 48.1 Å². The number of carbonyl (C=O) groups excluding carboxylic acids is 3. The molecule has 11 nitrogen and oxygen atoms in total. The van der Waals surface area contributed by atoms with Crippen LogP contribution in [-0.2, 0) is 23.9 Å². The summed E-state index contributed by atoms with van der Waals surface area (Å²) >= 11 is 0. The Hall–Kier alpha value is -3.89. The van der Waals surface area contributed by atoms with Gasteiger partial charge in [0.15, 0.2) is 11.5 Å². The summed E-state index contributed by atoms with van der Waals surface area (Å²) in [5.41, 5.74) is 0.580. The topological polar surface area (TPSA) is 154 Å². The van der Waals surface area contributed by atoms with Crippen LogP contribution in [0.25, 0.3) is 0 Å². The monoisotopic (exact) mass is 488 g/mol. The Kier molecular flexibility index (Phi) is 7.18. The molecule has 0 aromatic heterocycles. The molecule has 1 aromatic carbocycles. The molecule has 0 fully saturated rings. The smallest absolute Gasteiger partial charge is 0.337 e. The van der Waals surface area contributed by atoms with Gasteiger partial charge >= 0.3 is 17.6 Å². The summed E-state index contributed by atoms with van der Waals surface area (Å²) in [6.45, 7) is 6.72. The molecule has 188 valence electrons. The van der Waals surface area contributed by atoms with E-state index in [1.54, 1.807) is 27.7 Å². The molecule has 0 spiro atoms. The van der Waals surface area contributed by atoms with Crippen LogP contribution in [0.3, 0.4) is 0 Å². The van der Waals surface area contributed by atoms with E-state index in [1.807, 2.05) is 0 Å². The molecule has 11 heteroatoms. The summed E-state index contributed by atoms with van der Waals surface area (Å²) in [6, 6.07) is 2.42. The van der Waals surface area contributed by atoms with Crippen LogP contribution in [0.4, 0.5) is 5.69 Å². The van der Waals surface area contributed by atoms with Crippen LogP contribution in [0.15, 0.2) is 34.7 Å². The van der Waals surface area contributed by atoms with Gasteiger partial charge < -0.3 is 24.6 Å². The second-order valence-electron chi connectivity index (χ2n) is 8.84. The third kappa shape index (κ3) is 4.58. The van der Waals surface area contributed by atoms with Gasteiger partial charge in [-0.3, -0.25) is 19.7 Å². The zero-order chi connectivity index (χ0) is 26.2. The van der Waals surface area contributed by atoms with Gasteiger partial charge in [-0.1, -0.05) is 6.92 Å². The second kappa shape index (κ2) is 9.77. The number of nitrogens with zero attached hydrogens (tertiary/aromatic N) is 1. The summed E-state index contributed by atoms with van der Waals surface area (Å²) in [6.07, 6.45) is -0.175. The number of nitro groups is 1. The number of nitrogens with one attached hydrogen (secondary N) is 1. The third-order valence-electron chi connectivity index (χ3n) is 6.13. The van der Waals surface area contributed by atoms with Gasteiger partial charge in [0.25, 0.3) is 0 Å². The number of benzene rings is 1. The number of ketones is 1. The van der Waals surface area contributed by atoms with Gasteiger partial charge in [-0.05, 0) is 44.7 Å². The Labute approximate surface area is 201 Å². The lowest BCUT2D eigenvalue weighted by Gasteiger charge is -2.38. The first kappa shape index (κ1) is 25.7. The van der Waals surface area contributed by atoms with Crippen LogP contribution in [0.2, 0.25) is 0 Å². The Bertz CT molecular complexity index is 1170. The number of nitro benzene ring substituents is 1. The van der Waals surface area contributed by atoms with Gasteiger partial charge in [0.2, 0.25) is 5.75 Å². The molecule has 1 aliphatic heterocycles. The van der Waals surface area contributed by atoms with Gasteiger partial charge in [-0.15, -0.1) is 0 Å². The van der Waals surface area contributed by atoms with E-state index in [2.05, 4.69) is 5.32 Å². The first-order valence-electron chi connectivity index (χ1n) is 11.0. The number of esters is 2. The van der Waals surface area contributed by atoms with E-state index in [4.69, 9.17) is 14.2 Å². The highest BCUT2D eigenvalue weighted by atomic mass is 16.6. The van der Waals surface area contributed by atoms with E-state index < -0.39 is 52.0 Å². The molecule has 2 N–H and O–H groups in total. The minimum atomic E-state index is -1.11. The zero-order valence-electron chi connectivity index (χ0n) is 20.3. The largest absolute Gasteiger partial charge is 0.500 e. The molecular weight excluding hydrogens is 460 g/mol. The van der Waals surface area contributed by atoms with E-state index >= 15 is 0 Å². The van der Waals surface area contributed by atoms with Crippen LogP contribution in [0.1, 0.15) is 45.6 Å². The lowest BCUT2D eigenvalue weighted by atomic mass is 9.69. The molecule has 1 heterocycles. The van der Waals surface area contributed by atoms with Gasteiger partial charge in [0.1, 0.15) is 5.92 Å². The maximum Gasteiger partial charge on any atom is 0.337 e. The molecule has 3 rings (SSSR count). The Morgan fingerprint density at radius 3 is 2.46 bits per heavy atom. The molecule has 0 bridgehead atoms. The van der Waals surface area contributed by atoms with Crippen molar-refractivity contribution in [3.63, 3.8) is 0 Å². The first-order valence-corrected chi connectivity index (χ1v) is 11.0. The van der Waals surface area contributed by atoms with Crippen molar-refractivity contribution < 1.29 is 38.6 Å². The molecule has 0 radical (unpaired) electrons. The number of rotatable bonds is 6. The van der Waals surface area contributed by atoms with Crippen molar-refractivity contribution in [3.05, 3.63) is 50.4 Å². The standard InChI is InChI=1S/C24H28N2O9/c1-10(2)35-24(30)18-12(4)25-14-7-11(3)17(23(29)34-6)22(28)20(14)19(18)13-8-15(26(31)32)21(27)16(9-13)33-5/h8-11,17,19,25,27H,7H2,1-6H3/t11-,17+,19+/m0/s1. The maximum atomic E-state index is 13.7. The van der Waals surface area contributed by atoms with E-state index in [0.29, 0.717) is 17.8 Å². The number of hydrogen-bond acceptors (Lipinski definition) is 10. The number of dihydropyridines is 1. The number of methoxy groups -OCH3 is 2. The number of ether oxygens (including phenoxy) is 3. The molecule has 0 amide bonds. The number of aromatic hydroxyl groups is 1. The highest BCUT2D eigenvalue weighted by Gasteiger charge is 2.47. The second-order valence-corrected chi connectivity index (χ2v) is 8.84. The van der Waals surface area contributed by atoms with Crippen LogP contribution < -0.4 is 10.1 Å². The maximum absolute atomic E-state index is 13.7. The molecule has 0 saturated heterocycles. The average Bonchev–Trinajstić information content (AvgIpc) is 2.77. The summed E-state index contributed by atoms with van der Waals surface area (Å²) in [5.74, 6) is -5.49. The molecule has 3 atom stereocenters. The predicted molar refractivity (Wildman–Crippen MR) is 122 cm³/mol. The molecule has 2 aliphatic rings. The van der Waals surface area contributed by atoms with Crippen LogP contribution in [0, 0.1) is 22.0 Å². The number of phenolic OH excluding ortho intramolecular Hbond substituents is 1. The third-order valence-corrected chi connectivity index (χ3v) is 6.13. The number of Topliss-reactive ketones (excluding diaryl/α,β-unsaturated/α-hetero) is 1. The van der Waals surface area contributed by atoms with Crippen molar-refractivity contribution in [3.8, 4) is 11.5 Å². The minimum absolute atomic E-state index is 0.0611. The van der Waals surface area contributed by atoms with Crippen molar-refractivity contribution in [1.82, 2.24) is 5.32 Å². The van der Waals surface area contributed by atoms with Crippen molar-refractivity contribution >= 4 is 23.4 Å². The molecule has 0 unspecified atom stereocenters. The highest BCUT2D eigenvalue weighted by Crippen LogP contribution is 2.48. The molecular formula is C24H28N2O9. The minimum Gasteiger partial charge on any atom is -0.500 e. The lowest BCUT2D eigenvalue weighted by molar-refractivity contribution is -0.386. The fourth-order valence-electron chi connectivity index (χ4n) is 4.64. The van der Waals surface area contributed by atoms with Crippen molar-refractivity contribution in [2.24, 2.45) is 11.8 Å². The van der Waals surface area contributed by atoms with Crippen molar-refractivity contribution in [1.29, 1.82) is 0 Å². The van der Waals surface area contributed by atoms with Gasteiger partial charge in [-0.25, -0.2) is 4.79 Å². The number of phenols is 1. The molecule has 1 aliphatic carbocycles. The van der Waals surface area contributed by atoms with Gasteiger partial charge in [-0.2, -0.15) is 0 Å². The normalized spacial score (nSPS) is 21.9. The fourth-order valence-corrected chi connectivity index (χ4v) is 4.64. The van der Waals surface area contributed by atoms with Gasteiger partial charge in [0.05, 0.1) is 30.8 Å². The van der Waals surface area contributed by atoms with E-state index in [9.17, 15) is 29.6 Å². The number of allylic oxidation sites excluding steroid dienone is 3. The molecule has 1 aromatic rings. The SMILES string of the molecule is COC(=O)[C@H]1C(=O)C2=C(C[C@@H]1C)NC(C)=C(C(=O)OC(C)C)[C@H]2c1cc(OC)c(O)c([N+](=O)[O-])c1. The van der Waals surface area contributed by atoms with Crippen molar-refractivity contribution in [2.45, 2.75) is 46.1 Å². The Morgan fingerprint density at radius 1 is 1.26 bits per heavy atom. The highest BCUT2D eigenvalue weighted by molar-refractivity contribution is 6.12. The quantitative estimate of drug-likeness (QED) is 0.264. The van der Waals surface area contributed by atoms with E-state index in [1.165, 1.54) is 20.3 Å². The number of carbonyl (C=O) groups is 3. The zero-order valence-corrected chi connectivity index (χ0v) is 20.3. The van der Waals surface area contributed by atoms with Gasteiger partial charge in [0, 0.05) is 29.0 Å². The molecule has 0 saturated carbocycles. The Balaban J connectivity index is 2.32. The van der Waals surface area contributed by atoms with Crippen LogP contribution >= 0.6 is 0 Å². The summed E-state index contributed by atoms with van der Waals surface area (Å²) in [5, 5.41) is 25.0.